The van der Waals surface area contributed by atoms with Gasteiger partial charge in [0.2, 0.25) is 0 Å². The number of nitrogens with one attached hydrogen (secondary N) is 1. The van der Waals surface area contributed by atoms with Crippen LogP contribution in [0.2, 0.25) is 0 Å². The van der Waals surface area contributed by atoms with Gasteiger partial charge in [-0.05, 0) is 19.4 Å². The number of ether oxygens (including phenoxy) is 3. The third-order valence-electron chi connectivity index (χ3n) is 7.08. The number of fused-ring (bicyclic) bond motifs is 3. The minimum Gasteiger partial charge on any atom is -0.455 e. The van der Waals surface area contributed by atoms with Crippen LogP contribution in [-0.4, -0.2) is 51.9 Å². The Kier molecular flexibility index (Phi) is 13.4. The summed E-state index contributed by atoms with van der Waals surface area (Å²) in [5.74, 6) is -0.381. The van der Waals surface area contributed by atoms with Gasteiger partial charge in [-0.2, -0.15) is 4.98 Å². The van der Waals surface area contributed by atoms with E-state index in [4.69, 9.17) is 28.7 Å². The maximum absolute atomic E-state index is 12.7. The second kappa shape index (κ2) is 16.5. The van der Waals surface area contributed by atoms with E-state index in [0.29, 0.717) is 0 Å². The number of nitrogens with zero attached hydrogens (tertiary/aromatic N) is 2. The standard InChI is InChI=1S/C27H46N3O8P/c1-3-5-6-7-8-9-10-11-12-13-14-15-16-17-23(31)37-24-21(20-35-39(32,33)34-4-2)36-26-25(24)38-27-29-22(28)18-19-30(26)27/h18-19,21,24-26,28H,3-17,20H2,1-2H3,(H,32,33)/t21-,24-,25+,26-/m1/s1. The predicted molar refractivity (Wildman–Crippen MR) is 144 cm³/mol. The normalized spacial score (nSPS) is 23.2. The number of hydrogen-bond donors (Lipinski definition) is 2. The summed E-state index contributed by atoms with van der Waals surface area (Å²) in [5, 5.41) is 7.72. The quantitative estimate of drug-likeness (QED) is 0.117. The van der Waals surface area contributed by atoms with Crippen LogP contribution in [0.4, 0.5) is 0 Å². The van der Waals surface area contributed by atoms with Gasteiger partial charge in [0, 0.05) is 12.6 Å². The molecule has 1 aromatic rings. The van der Waals surface area contributed by atoms with Crippen LogP contribution in [0.1, 0.15) is 110 Å². The molecule has 2 aliphatic rings. The Morgan fingerprint density at radius 3 is 2.26 bits per heavy atom. The molecule has 2 N–H and O–H groups in total. The molecule has 3 rings (SSSR count). The number of phosphoric acid groups is 1. The van der Waals surface area contributed by atoms with Crippen molar-refractivity contribution in [1.82, 2.24) is 9.55 Å². The van der Waals surface area contributed by atoms with E-state index in [0.717, 1.165) is 19.3 Å². The summed E-state index contributed by atoms with van der Waals surface area (Å²) in [6, 6.07) is 1.69. The first-order valence-electron chi connectivity index (χ1n) is 14.6. The zero-order valence-corrected chi connectivity index (χ0v) is 24.3. The Morgan fingerprint density at radius 1 is 1.03 bits per heavy atom. The number of unbranched alkanes of at least 4 members (excludes halogenated alkanes) is 12. The van der Waals surface area contributed by atoms with Crippen LogP contribution in [0.25, 0.3) is 0 Å². The van der Waals surface area contributed by atoms with Crippen molar-refractivity contribution in [3.05, 3.63) is 17.8 Å². The molecule has 0 radical (unpaired) electrons. The van der Waals surface area contributed by atoms with Crippen molar-refractivity contribution in [2.45, 2.75) is 128 Å². The molecule has 2 aliphatic heterocycles. The number of phosphoric ester groups is 1. The highest BCUT2D eigenvalue weighted by atomic mass is 31.2. The molecular formula is C27H46N3O8P. The molecule has 222 valence electrons. The zero-order valence-electron chi connectivity index (χ0n) is 23.4. The minimum atomic E-state index is -4.26. The van der Waals surface area contributed by atoms with Crippen LogP contribution >= 0.6 is 7.82 Å². The topological polar surface area (TPSA) is 142 Å². The van der Waals surface area contributed by atoms with Crippen LogP contribution in [0.3, 0.4) is 0 Å². The van der Waals surface area contributed by atoms with E-state index in [-0.39, 0.29) is 37.1 Å². The van der Waals surface area contributed by atoms with Crippen molar-refractivity contribution in [2.24, 2.45) is 0 Å². The molecule has 0 saturated carbocycles. The maximum atomic E-state index is 12.7. The van der Waals surface area contributed by atoms with Crippen molar-refractivity contribution in [3.8, 4) is 6.01 Å². The lowest BCUT2D eigenvalue weighted by Gasteiger charge is -2.22. The van der Waals surface area contributed by atoms with Crippen LogP contribution < -0.4 is 10.2 Å². The maximum Gasteiger partial charge on any atom is 0.472 e. The lowest BCUT2D eigenvalue weighted by Crippen LogP contribution is -2.39. The minimum absolute atomic E-state index is 0.00948. The molecule has 1 fully saturated rings. The zero-order chi connectivity index (χ0) is 28.1. The SMILES string of the molecule is CCCCCCCCCCCCCCCC(=O)O[C@H]1[C@@H]2Oc3nc(=N)ccn3[C@@H]2O[C@@H]1COP(=O)(O)OCC. The van der Waals surface area contributed by atoms with E-state index < -0.39 is 32.4 Å². The van der Waals surface area contributed by atoms with Crippen molar-refractivity contribution in [2.75, 3.05) is 13.2 Å². The fourth-order valence-corrected chi connectivity index (χ4v) is 5.75. The van der Waals surface area contributed by atoms with Gasteiger partial charge in [0.25, 0.3) is 0 Å². The van der Waals surface area contributed by atoms with E-state index in [2.05, 4.69) is 11.9 Å². The molecule has 11 nitrogen and oxygen atoms in total. The van der Waals surface area contributed by atoms with E-state index >= 15 is 0 Å². The number of carbonyl (C=O) groups excluding carboxylic acids is 1. The summed E-state index contributed by atoms with van der Waals surface area (Å²) >= 11 is 0. The van der Waals surface area contributed by atoms with Gasteiger partial charge in [-0.3, -0.25) is 23.8 Å². The molecule has 0 aromatic carbocycles. The summed E-state index contributed by atoms with van der Waals surface area (Å²) in [6.07, 6.45) is 14.7. The summed E-state index contributed by atoms with van der Waals surface area (Å²) in [6.45, 7) is 3.52. The van der Waals surface area contributed by atoms with Crippen molar-refractivity contribution in [1.29, 1.82) is 5.41 Å². The first kappa shape index (κ1) is 31.7. The molecule has 0 bridgehead atoms. The average Bonchev–Trinajstić information content (AvgIpc) is 3.41. The summed E-state index contributed by atoms with van der Waals surface area (Å²) < 4.78 is 41.1. The summed E-state index contributed by atoms with van der Waals surface area (Å²) in [7, 11) is -4.26. The molecule has 0 aliphatic carbocycles. The number of aromatic nitrogens is 2. The van der Waals surface area contributed by atoms with E-state index in [9.17, 15) is 14.3 Å². The Morgan fingerprint density at radius 2 is 1.64 bits per heavy atom. The van der Waals surface area contributed by atoms with E-state index in [1.54, 1.807) is 17.7 Å². The summed E-state index contributed by atoms with van der Waals surface area (Å²) in [4.78, 5) is 26.6. The smallest absolute Gasteiger partial charge is 0.455 e. The molecule has 1 unspecified atom stereocenters. The third-order valence-corrected chi connectivity index (χ3v) is 8.14. The van der Waals surface area contributed by atoms with Crippen molar-refractivity contribution in [3.63, 3.8) is 0 Å². The molecular weight excluding hydrogens is 525 g/mol. The van der Waals surface area contributed by atoms with Crippen molar-refractivity contribution < 1.29 is 37.5 Å². The van der Waals surface area contributed by atoms with Crippen LogP contribution in [0.15, 0.2) is 12.3 Å². The molecule has 12 heteroatoms. The largest absolute Gasteiger partial charge is 0.472 e. The van der Waals surface area contributed by atoms with Gasteiger partial charge in [0.1, 0.15) is 6.10 Å². The highest BCUT2D eigenvalue weighted by molar-refractivity contribution is 7.47. The van der Waals surface area contributed by atoms with Crippen molar-refractivity contribution >= 4 is 13.8 Å². The first-order chi connectivity index (χ1) is 18.8. The number of esters is 1. The van der Waals surface area contributed by atoms with Gasteiger partial charge >= 0.3 is 19.8 Å². The third kappa shape index (κ3) is 10.3. The molecule has 3 heterocycles. The Labute approximate surface area is 231 Å². The van der Waals surface area contributed by atoms with Crippen LogP contribution in [0.5, 0.6) is 6.01 Å². The number of rotatable bonds is 20. The molecule has 1 aromatic heterocycles. The Balaban J connectivity index is 1.39. The van der Waals surface area contributed by atoms with E-state index in [1.807, 2.05) is 0 Å². The number of hydrogen-bond acceptors (Lipinski definition) is 9. The van der Waals surface area contributed by atoms with Gasteiger partial charge in [-0.1, -0.05) is 84.0 Å². The Hall–Kier alpha value is -1.78. The lowest BCUT2D eigenvalue weighted by atomic mass is 10.0. The molecule has 0 amide bonds. The van der Waals surface area contributed by atoms with Gasteiger partial charge in [0.05, 0.1) is 13.2 Å². The van der Waals surface area contributed by atoms with Gasteiger partial charge < -0.3 is 19.1 Å². The van der Waals surface area contributed by atoms with Crippen LogP contribution in [-0.2, 0) is 27.9 Å². The van der Waals surface area contributed by atoms with Crippen LogP contribution in [0, 0.1) is 5.41 Å². The van der Waals surface area contributed by atoms with E-state index in [1.165, 1.54) is 70.3 Å². The van der Waals surface area contributed by atoms with Gasteiger partial charge in [-0.15, -0.1) is 0 Å². The molecule has 0 spiro atoms. The molecule has 1 saturated heterocycles. The lowest BCUT2D eigenvalue weighted by molar-refractivity contribution is -0.156. The number of carbonyl (C=O) groups is 1. The fourth-order valence-electron chi connectivity index (χ4n) is 5.02. The molecule has 39 heavy (non-hydrogen) atoms. The summed E-state index contributed by atoms with van der Waals surface area (Å²) in [5.41, 5.74) is 0.0370. The Bertz CT molecular complexity index is 990. The molecule has 5 atom stereocenters. The first-order valence-corrected chi connectivity index (χ1v) is 16.1. The predicted octanol–water partition coefficient (Wildman–Crippen LogP) is 5.57. The fraction of sp³-hybridized carbons (Fsp3) is 0.815. The van der Waals surface area contributed by atoms with Gasteiger partial charge in [0.15, 0.2) is 23.9 Å². The second-order valence-electron chi connectivity index (χ2n) is 10.3. The highest BCUT2D eigenvalue weighted by Gasteiger charge is 2.54. The van der Waals surface area contributed by atoms with Gasteiger partial charge in [-0.25, -0.2) is 4.57 Å². The monoisotopic (exact) mass is 571 g/mol. The highest BCUT2D eigenvalue weighted by Crippen LogP contribution is 2.46. The second-order valence-corrected chi connectivity index (χ2v) is 11.7. The average molecular weight is 572 g/mol.